The number of unbranched alkanes of at least 4 members (excludes halogenated alkanes) is 1. The predicted octanol–water partition coefficient (Wildman–Crippen LogP) is 1.13. The summed E-state index contributed by atoms with van der Waals surface area (Å²) in [5.74, 6) is -1.42. The highest BCUT2D eigenvalue weighted by Crippen LogP contribution is 2.10. The van der Waals surface area contributed by atoms with Gasteiger partial charge in [0, 0.05) is 6.54 Å². The van der Waals surface area contributed by atoms with Crippen LogP contribution in [0.5, 0.6) is 0 Å². The Kier molecular flexibility index (Phi) is 10.3. The summed E-state index contributed by atoms with van der Waals surface area (Å²) >= 11 is 0. The lowest BCUT2D eigenvalue weighted by molar-refractivity contribution is -0.143. The molecule has 116 valence electrons. The first-order valence-electron chi connectivity index (χ1n) is 6.86. The zero-order chi connectivity index (χ0) is 15.4. The Balaban J connectivity index is 3.80. The van der Waals surface area contributed by atoms with Gasteiger partial charge in [0.2, 0.25) is 0 Å². The number of nitrogens with one attached hydrogen (secondary N) is 2. The first-order chi connectivity index (χ1) is 9.49. The maximum atomic E-state index is 11.4. The van der Waals surface area contributed by atoms with Crippen LogP contribution < -0.4 is 10.6 Å². The Morgan fingerprint density at radius 3 is 2.45 bits per heavy atom. The van der Waals surface area contributed by atoms with E-state index in [0.29, 0.717) is 12.5 Å². The molecular formula is C13H24N2O5. The van der Waals surface area contributed by atoms with Crippen molar-refractivity contribution < 1.29 is 24.2 Å². The standard InChI is InChI=1S/C13H24N2O5/c1-3-5-6-10(4-2)7-14-13(19)15-11(16)8-20-9-12(17)18/h10H,3-9H2,1-2H3,(H,17,18)(H2,14,15,16,19). The summed E-state index contributed by atoms with van der Waals surface area (Å²) in [5, 5.41) is 13.0. The molecule has 3 amide bonds. The van der Waals surface area contributed by atoms with Crippen LogP contribution >= 0.6 is 0 Å². The van der Waals surface area contributed by atoms with E-state index in [2.05, 4.69) is 29.2 Å². The van der Waals surface area contributed by atoms with Gasteiger partial charge in [0.05, 0.1) is 0 Å². The van der Waals surface area contributed by atoms with Gasteiger partial charge in [-0.1, -0.05) is 33.1 Å². The normalized spacial score (nSPS) is 11.7. The van der Waals surface area contributed by atoms with Gasteiger partial charge in [-0.2, -0.15) is 0 Å². The number of carbonyl (C=O) groups is 3. The third-order valence-electron chi connectivity index (χ3n) is 2.81. The molecule has 20 heavy (non-hydrogen) atoms. The summed E-state index contributed by atoms with van der Waals surface area (Å²) in [6.07, 6.45) is 4.24. The first-order valence-corrected chi connectivity index (χ1v) is 6.86. The van der Waals surface area contributed by atoms with E-state index in [9.17, 15) is 14.4 Å². The molecule has 0 fully saturated rings. The largest absolute Gasteiger partial charge is 0.480 e. The second-order valence-electron chi connectivity index (χ2n) is 4.56. The SMILES string of the molecule is CCCCC(CC)CNC(=O)NC(=O)COCC(=O)O. The van der Waals surface area contributed by atoms with Gasteiger partial charge in [-0.05, 0) is 12.3 Å². The Bertz CT molecular complexity index is 320. The Morgan fingerprint density at radius 2 is 1.90 bits per heavy atom. The number of ether oxygens (including phenoxy) is 1. The lowest BCUT2D eigenvalue weighted by Crippen LogP contribution is -2.43. The molecule has 0 bridgehead atoms. The highest BCUT2D eigenvalue weighted by atomic mass is 16.5. The average Bonchev–Trinajstić information content (AvgIpc) is 2.38. The van der Waals surface area contributed by atoms with Gasteiger partial charge >= 0.3 is 12.0 Å². The molecule has 0 radical (unpaired) electrons. The van der Waals surface area contributed by atoms with E-state index in [1.165, 1.54) is 0 Å². The number of rotatable bonds is 10. The van der Waals surface area contributed by atoms with Gasteiger partial charge in [-0.15, -0.1) is 0 Å². The van der Waals surface area contributed by atoms with Crippen LogP contribution in [0.1, 0.15) is 39.5 Å². The summed E-state index contributed by atoms with van der Waals surface area (Å²) in [5.41, 5.74) is 0. The summed E-state index contributed by atoms with van der Waals surface area (Å²) in [6.45, 7) is 3.68. The second-order valence-corrected chi connectivity index (χ2v) is 4.56. The lowest BCUT2D eigenvalue weighted by Gasteiger charge is -2.15. The number of hydrogen-bond acceptors (Lipinski definition) is 4. The van der Waals surface area contributed by atoms with Gasteiger partial charge < -0.3 is 15.2 Å². The fourth-order valence-corrected chi connectivity index (χ4v) is 1.62. The van der Waals surface area contributed by atoms with Crippen molar-refractivity contribution in [2.24, 2.45) is 5.92 Å². The molecule has 0 aliphatic rings. The Labute approximate surface area is 119 Å². The van der Waals surface area contributed by atoms with Crippen LogP contribution in [-0.4, -0.2) is 42.8 Å². The van der Waals surface area contributed by atoms with Crippen molar-refractivity contribution >= 4 is 17.9 Å². The van der Waals surface area contributed by atoms with Crippen LogP contribution in [0.25, 0.3) is 0 Å². The molecule has 3 N–H and O–H groups in total. The van der Waals surface area contributed by atoms with Gasteiger partial charge in [0.1, 0.15) is 13.2 Å². The fraction of sp³-hybridized carbons (Fsp3) is 0.769. The van der Waals surface area contributed by atoms with Gasteiger partial charge in [0.25, 0.3) is 5.91 Å². The van der Waals surface area contributed by atoms with Crippen molar-refractivity contribution in [1.29, 1.82) is 0 Å². The molecule has 0 saturated carbocycles. The molecule has 7 heteroatoms. The van der Waals surface area contributed by atoms with Crippen molar-refractivity contribution in [3.63, 3.8) is 0 Å². The minimum atomic E-state index is -1.16. The Morgan fingerprint density at radius 1 is 1.20 bits per heavy atom. The summed E-state index contributed by atoms with van der Waals surface area (Å²) in [4.78, 5) is 32.8. The summed E-state index contributed by atoms with van der Waals surface area (Å²) < 4.78 is 4.57. The van der Waals surface area contributed by atoms with Gasteiger partial charge in [0.15, 0.2) is 0 Å². The highest BCUT2D eigenvalue weighted by molar-refractivity contribution is 5.94. The molecular weight excluding hydrogens is 264 g/mol. The van der Waals surface area contributed by atoms with Crippen molar-refractivity contribution in [3.8, 4) is 0 Å². The van der Waals surface area contributed by atoms with E-state index in [-0.39, 0.29) is 0 Å². The number of urea groups is 1. The smallest absolute Gasteiger partial charge is 0.329 e. The maximum absolute atomic E-state index is 11.4. The molecule has 0 aliphatic carbocycles. The maximum Gasteiger partial charge on any atom is 0.329 e. The number of aliphatic carboxylic acids is 1. The van der Waals surface area contributed by atoms with E-state index >= 15 is 0 Å². The van der Waals surface area contributed by atoms with E-state index in [0.717, 1.165) is 25.7 Å². The lowest BCUT2D eigenvalue weighted by atomic mass is 9.99. The van der Waals surface area contributed by atoms with Crippen LogP contribution in [0.2, 0.25) is 0 Å². The van der Waals surface area contributed by atoms with Crippen molar-refractivity contribution in [1.82, 2.24) is 10.6 Å². The molecule has 0 spiro atoms. The second kappa shape index (κ2) is 11.2. The topological polar surface area (TPSA) is 105 Å². The van der Waals surface area contributed by atoms with E-state index in [4.69, 9.17) is 5.11 Å². The number of imide groups is 1. The van der Waals surface area contributed by atoms with Crippen LogP contribution in [-0.2, 0) is 14.3 Å². The van der Waals surface area contributed by atoms with E-state index in [1.807, 2.05) is 0 Å². The zero-order valence-electron chi connectivity index (χ0n) is 12.1. The number of hydrogen-bond donors (Lipinski definition) is 3. The van der Waals surface area contributed by atoms with Gasteiger partial charge in [-0.3, -0.25) is 10.1 Å². The van der Waals surface area contributed by atoms with Crippen molar-refractivity contribution in [2.45, 2.75) is 39.5 Å². The van der Waals surface area contributed by atoms with Gasteiger partial charge in [-0.25, -0.2) is 9.59 Å². The third-order valence-corrected chi connectivity index (χ3v) is 2.81. The molecule has 0 aromatic heterocycles. The van der Waals surface area contributed by atoms with Crippen LogP contribution in [0.15, 0.2) is 0 Å². The number of carbonyl (C=O) groups excluding carboxylic acids is 2. The quantitative estimate of drug-likeness (QED) is 0.559. The Hall–Kier alpha value is -1.63. The van der Waals surface area contributed by atoms with E-state index < -0.39 is 31.1 Å². The van der Waals surface area contributed by atoms with Crippen LogP contribution in [0.4, 0.5) is 4.79 Å². The molecule has 0 heterocycles. The van der Waals surface area contributed by atoms with Crippen LogP contribution in [0.3, 0.4) is 0 Å². The molecule has 0 rings (SSSR count). The predicted molar refractivity (Wildman–Crippen MR) is 73.3 cm³/mol. The monoisotopic (exact) mass is 288 g/mol. The molecule has 0 aromatic carbocycles. The third kappa shape index (κ3) is 10.3. The minimum Gasteiger partial charge on any atom is -0.480 e. The molecule has 0 aromatic rings. The average molecular weight is 288 g/mol. The molecule has 1 atom stereocenters. The minimum absolute atomic E-state index is 0.402. The zero-order valence-corrected chi connectivity index (χ0v) is 12.1. The first kappa shape index (κ1) is 18.4. The molecule has 1 unspecified atom stereocenters. The van der Waals surface area contributed by atoms with Crippen molar-refractivity contribution in [3.05, 3.63) is 0 Å². The van der Waals surface area contributed by atoms with E-state index in [1.54, 1.807) is 0 Å². The highest BCUT2D eigenvalue weighted by Gasteiger charge is 2.11. The fourth-order valence-electron chi connectivity index (χ4n) is 1.62. The van der Waals surface area contributed by atoms with Crippen molar-refractivity contribution in [2.75, 3.05) is 19.8 Å². The summed E-state index contributed by atoms with van der Waals surface area (Å²) in [6, 6.07) is -0.580. The molecule has 0 saturated heterocycles. The number of amides is 3. The number of carboxylic acids is 1. The molecule has 7 nitrogen and oxygen atoms in total. The summed E-state index contributed by atoms with van der Waals surface area (Å²) in [7, 11) is 0. The molecule has 0 aliphatic heterocycles. The van der Waals surface area contributed by atoms with Crippen LogP contribution in [0, 0.1) is 5.92 Å². The number of carboxylic acid groups (broad SMARTS) is 1.